The molecule has 8 aromatic carbocycles. The van der Waals surface area contributed by atoms with E-state index in [-0.39, 0.29) is 16.2 Å². The normalized spacial score (nSPS) is 12.8. The molecular formula is C67H58ClCoN4. The van der Waals surface area contributed by atoms with Gasteiger partial charge in [0.15, 0.2) is 0 Å². The first-order valence-corrected chi connectivity index (χ1v) is 26.9. The van der Waals surface area contributed by atoms with E-state index in [0.717, 1.165) is 88.6 Å². The van der Waals surface area contributed by atoms with E-state index in [1.54, 1.807) is 0 Å². The monoisotopic (exact) mass is 1010 g/mol. The van der Waals surface area contributed by atoms with Crippen molar-refractivity contribution < 1.29 is 14.8 Å². The molecule has 4 nitrogen and oxygen atoms in total. The summed E-state index contributed by atoms with van der Waals surface area (Å²) in [5.74, 6) is 0.414. The van der Waals surface area contributed by atoms with Gasteiger partial charge in [0.25, 0.3) is 0 Å². The van der Waals surface area contributed by atoms with Gasteiger partial charge in [-0.15, -0.1) is 22.1 Å². The minimum atomic E-state index is 0.0104. The molecule has 362 valence electrons. The molecule has 2 aliphatic heterocycles. The van der Waals surface area contributed by atoms with Gasteiger partial charge in [-0.25, -0.2) is 9.97 Å². The maximum absolute atomic E-state index is 5.59. The van der Waals surface area contributed by atoms with Crippen LogP contribution in [0, 0.1) is 0 Å². The number of aromatic nitrogens is 4. The molecule has 0 fully saturated rings. The second-order valence-electron chi connectivity index (χ2n) is 23.9. The van der Waals surface area contributed by atoms with Crippen molar-refractivity contribution in [1.82, 2.24) is 19.9 Å². The molecule has 0 aliphatic carbocycles. The zero-order valence-corrected chi connectivity index (χ0v) is 45.2. The van der Waals surface area contributed by atoms with Gasteiger partial charge in [-0.1, -0.05) is 149 Å². The average molecular weight is 1010 g/mol. The third-order valence-electron chi connectivity index (χ3n) is 15.5. The first-order chi connectivity index (χ1) is 34.8. The van der Waals surface area contributed by atoms with Gasteiger partial charge in [0, 0.05) is 22.3 Å². The van der Waals surface area contributed by atoms with Crippen molar-refractivity contribution in [2.75, 3.05) is 0 Å². The van der Waals surface area contributed by atoms with Crippen LogP contribution in [-0.2, 0) is 31.1 Å². The molecule has 13 rings (SSSR count). The van der Waals surface area contributed by atoms with Crippen LogP contribution in [0.1, 0.15) is 104 Å². The molecule has 0 radical (unpaired) electrons. The summed E-state index contributed by atoms with van der Waals surface area (Å²) in [7, 11) is 4.33. The average Bonchev–Trinajstić information content (AvgIpc) is 4.07. The molecule has 2 aliphatic rings. The summed E-state index contributed by atoms with van der Waals surface area (Å²) in [5, 5.41) is 14.0. The number of hydrogen-bond acceptors (Lipinski definition) is 2. The summed E-state index contributed by atoms with van der Waals surface area (Å²) in [6.45, 7) is 25.1. The fourth-order valence-corrected chi connectivity index (χ4v) is 11.1. The van der Waals surface area contributed by atoms with Crippen LogP contribution in [0.4, 0.5) is 0 Å². The van der Waals surface area contributed by atoms with E-state index in [1.807, 2.05) is 0 Å². The van der Waals surface area contributed by atoms with Crippen molar-refractivity contribution in [1.29, 1.82) is 0 Å². The summed E-state index contributed by atoms with van der Waals surface area (Å²) in [4.78, 5) is 22.3. The summed E-state index contributed by atoms with van der Waals surface area (Å²) in [6.07, 6.45) is 0. The molecule has 0 unspecified atom stereocenters. The zero-order valence-electron chi connectivity index (χ0n) is 43.4. The van der Waals surface area contributed by atoms with Crippen molar-refractivity contribution in [3.63, 3.8) is 0 Å². The van der Waals surface area contributed by atoms with E-state index in [2.05, 4.69) is 247 Å². The molecule has 8 bridgehead atoms. The third kappa shape index (κ3) is 8.12. The van der Waals surface area contributed by atoms with Gasteiger partial charge in [-0.05, 0) is 182 Å². The summed E-state index contributed by atoms with van der Waals surface area (Å²) >= 11 is 3.03. The van der Waals surface area contributed by atoms with Crippen molar-refractivity contribution in [2.45, 2.75) is 98.3 Å². The zero-order chi connectivity index (χ0) is 51.0. The first-order valence-electron chi connectivity index (χ1n) is 25.5. The Bertz CT molecular complexity index is 4290. The third-order valence-corrected chi connectivity index (χ3v) is 15.5. The Kier molecular flexibility index (Phi) is 10.9. The SMILES string of the molecule is CC(C)c1ccc2cc3c4cc5nc(cc6[n-]c(cc7nc(cc([n-]4)c3cc2c1)-c1cc2ccc(C(C)(C)C)cc2cc1-7)c1cc2ccc(C(C)(C)C)cc2cc61)-c1cc2ccc(C(C)(C)C)cc2cc1-5.[Cl][Co+2]. The van der Waals surface area contributed by atoms with Gasteiger partial charge >= 0.3 is 25.0 Å². The number of halogens is 1. The van der Waals surface area contributed by atoms with Crippen molar-refractivity contribution in [2.24, 2.45) is 0 Å². The Labute approximate surface area is 440 Å². The van der Waals surface area contributed by atoms with E-state index >= 15 is 0 Å². The molecule has 0 amide bonds. The first kappa shape index (κ1) is 47.3. The van der Waals surface area contributed by atoms with Gasteiger partial charge in [0.05, 0.1) is 22.8 Å². The molecule has 0 saturated heterocycles. The van der Waals surface area contributed by atoms with Crippen molar-refractivity contribution >= 4 is 96.8 Å². The number of rotatable bonds is 1. The van der Waals surface area contributed by atoms with Gasteiger partial charge in [0.2, 0.25) is 0 Å². The molecule has 6 heteroatoms. The Morgan fingerprint density at radius 3 is 0.945 bits per heavy atom. The van der Waals surface area contributed by atoms with Crippen molar-refractivity contribution in [3.8, 4) is 45.0 Å². The van der Waals surface area contributed by atoms with Crippen LogP contribution >= 0.6 is 10.1 Å². The molecule has 11 aromatic rings. The topological polar surface area (TPSA) is 54.0 Å². The fourth-order valence-electron chi connectivity index (χ4n) is 11.1. The van der Waals surface area contributed by atoms with Gasteiger partial charge < -0.3 is 9.97 Å². The molecule has 0 N–H and O–H groups in total. The molecule has 73 heavy (non-hydrogen) atoms. The van der Waals surface area contributed by atoms with Gasteiger partial charge in [-0.2, -0.15) is 0 Å². The van der Waals surface area contributed by atoms with E-state index in [9.17, 15) is 0 Å². The quantitative estimate of drug-likeness (QED) is 0.164. The van der Waals surface area contributed by atoms with Gasteiger partial charge in [-0.3, -0.25) is 0 Å². The number of hydrogen-bond donors (Lipinski definition) is 0. The Morgan fingerprint density at radius 2 is 0.616 bits per heavy atom. The Balaban J connectivity index is 0.00000268. The van der Waals surface area contributed by atoms with Crippen LogP contribution in [-0.4, -0.2) is 9.97 Å². The number of benzene rings is 8. The van der Waals surface area contributed by atoms with Gasteiger partial charge in [0.1, 0.15) is 0 Å². The summed E-state index contributed by atoms with van der Waals surface area (Å²) in [6, 6.07) is 55.2. The van der Waals surface area contributed by atoms with Crippen LogP contribution in [0.3, 0.4) is 0 Å². The maximum atomic E-state index is 5.59. The summed E-state index contributed by atoms with van der Waals surface area (Å²) in [5.41, 5.74) is 16.8. The minimum absolute atomic E-state index is 0.0104. The number of fused-ring (bicyclic) bond motifs is 24. The fraction of sp³-hybridized carbons (Fsp3) is 0.224. The standard InChI is InChI=1S/C67H58N4.ClH.Co/c1-36(2)37-12-13-38-24-49-53(28-42(38)20-37)61-32-58-50-25-39-14-17-46(65(3,4)5)21-43(39)29-54(50)63(69-58)34-60-52-27-41-16-19-48(67(9,10)11)23-45(41)31-56(52)64(71-60)35-59-51-26-40-15-18-47(66(6,7)8)22-44(40)30-55(51)62(70-59)33-57(49)68-61;;/h12-36H,1-11H3;1H;/q-2;;+3/p-1. The number of nitrogens with zero attached hydrogens (tertiary/aromatic N) is 4. The summed E-state index contributed by atoms with van der Waals surface area (Å²) < 4.78 is 0. The second kappa shape index (κ2) is 16.9. The van der Waals surface area contributed by atoms with E-state index < -0.39 is 0 Å². The van der Waals surface area contributed by atoms with Crippen LogP contribution in [0.25, 0.3) is 132 Å². The van der Waals surface area contributed by atoms with Crippen LogP contribution in [0.2, 0.25) is 0 Å². The Hall–Kier alpha value is -6.76. The molecule has 0 saturated carbocycles. The predicted molar refractivity (Wildman–Crippen MR) is 309 cm³/mol. The Morgan fingerprint density at radius 1 is 0.342 bits per heavy atom. The van der Waals surface area contributed by atoms with E-state index in [4.69, 9.17) is 19.9 Å². The van der Waals surface area contributed by atoms with Crippen LogP contribution in [0.15, 0.2) is 146 Å². The van der Waals surface area contributed by atoms with Crippen LogP contribution in [0.5, 0.6) is 0 Å². The predicted octanol–water partition coefficient (Wildman–Crippen LogP) is 18.9. The van der Waals surface area contributed by atoms with E-state index in [1.165, 1.54) is 65.3 Å². The van der Waals surface area contributed by atoms with Crippen LogP contribution < -0.4 is 9.97 Å². The molecule has 5 heterocycles. The second-order valence-corrected chi connectivity index (χ2v) is 23.9. The molecular weight excluding hydrogens is 955 g/mol. The molecule has 3 aromatic heterocycles. The van der Waals surface area contributed by atoms with E-state index in [0.29, 0.717) is 5.92 Å². The molecule has 0 atom stereocenters. The van der Waals surface area contributed by atoms with Crippen molar-refractivity contribution in [3.05, 3.63) is 168 Å². The molecule has 0 spiro atoms.